The molecule has 1 aromatic heterocycles. The predicted octanol–water partition coefficient (Wildman–Crippen LogP) is 9.50. The number of rotatable bonds is 9. The molecule has 1 saturated heterocycles. The number of anilines is 1. The van der Waals surface area contributed by atoms with Crippen molar-refractivity contribution in [2.75, 3.05) is 18.1 Å². The van der Waals surface area contributed by atoms with Gasteiger partial charge in [0.2, 0.25) is 5.91 Å². The average Bonchev–Trinajstić information content (AvgIpc) is 3.69. The summed E-state index contributed by atoms with van der Waals surface area (Å²) in [5.41, 5.74) is 4.59. The number of hydrogen-bond acceptors (Lipinski definition) is 6. The van der Waals surface area contributed by atoms with Crippen LogP contribution in [-0.4, -0.2) is 64.2 Å². The number of pyridine rings is 1. The molecule has 3 amide bonds. The number of nitrogens with one attached hydrogen (secondary N) is 1. The Labute approximate surface area is 338 Å². The number of nitrogens with zero attached hydrogens (tertiary/aromatic N) is 3. The molecule has 57 heavy (non-hydrogen) atoms. The van der Waals surface area contributed by atoms with Crippen molar-refractivity contribution in [3.05, 3.63) is 120 Å². The van der Waals surface area contributed by atoms with E-state index < -0.39 is 35.3 Å². The van der Waals surface area contributed by atoms with E-state index >= 15 is 4.79 Å². The summed E-state index contributed by atoms with van der Waals surface area (Å²) in [4.78, 5) is 52.6. The highest BCUT2D eigenvalue weighted by atomic mass is 16.6. The lowest BCUT2D eigenvalue weighted by atomic mass is 9.86. The van der Waals surface area contributed by atoms with E-state index in [4.69, 9.17) is 9.47 Å². The summed E-state index contributed by atoms with van der Waals surface area (Å²) in [7, 11) is 0. The maximum absolute atomic E-state index is 15.8. The first-order valence-corrected chi connectivity index (χ1v) is 20.6. The Morgan fingerprint density at radius 3 is 2.07 bits per heavy atom. The number of aromatic nitrogens is 1. The lowest BCUT2D eigenvalue weighted by Crippen LogP contribution is -2.59. The third-order valence-corrected chi connectivity index (χ3v) is 11.8. The molecule has 1 N–H and O–H groups in total. The molecule has 300 valence electrons. The fourth-order valence-corrected chi connectivity index (χ4v) is 9.00. The smallest absolute Gasteiger partial charge is 0.410 e. The van der Waals surface area contributed by atoms with Gasteiger partial charge in [0, 0.05) is 42.0 Å². The second-order valence-electron chi connectivity index (χ2n) is 18.2. The first kappa shape index (κ1) is 40.2. The Kier molecular flexibility index (Phi) is 11.3. The van der Waals surface area contributed by atoms with Crippen LogP contribution in [-0.2, 0) is 24.5 Å². The lowest BCUT2D eigenvalue weighted by Gasteiger charge is -2.41. The molecule has 9 heteroatoms. The Morgan fingerprint density at radius 1 is 0.860 bits per heavy atom. The average molecular weight is 771 g/mol. The molecule has 1 saturated carbocycles. The molecule has 0 bridgehead atoms. The van der Waals surface area contributed by atoms with Crippen LogP contribution in [0.5, 0.6) is 0 Å². The molecule has 3 aromatic carbocycles. The molecule has 7 rings (SSSR count). The van der Waals surface area contributed by atoms with Gasteiger partial charge in [-0.15, -0.1) is 0 Å². The SMILES string of the molecule is CC(C)(C)O[C@H]1CN(C(=O)OCC2c3ccccc3-c3ccccc32)[C@@](C)(C(=O)N(c2ccc(C(C)(C)C)cc2)C(C(=O)NC2CCCCC2)c2cccnc2)C1. The van der Waals surface area contributed by atoms with Gasteiger partial charge >= 0.3 is 6.09 Å². The molecule has 4 aromatic rings. The van der Waals surface area contributed by atoms with Crippen LogP contribution in [0.1, 0.15) is 121 Å². The van der Waals surface area contributed by atoms with Gasteiger partial charge in [-0.2, -0.15) is 0 Å². The van der Waals surface area contributed by atoms with Crippen LogP contribution in [0.4, 0.5) is 10.5 Å². The van der Waals surface area contributed by atoms with Gasteiger partial charge < -0.3 is 14.8 Å². The molecule has 1 unspecified atom stereocenters. The number of carbonyl (C=O) groups is 3. The Morgan fingerprint density at radius 2 is 1.49 bits per heavy atom. The second-order valence-corrected chi connectivity index (χ2v) is 18.2. The van der Waals surface area contributed by atoms with E-state index in [1.165, 1.54) is 4.90 Å². The van der Waals surface area contributed by atoms with Crippen LogP contribution >= 0.6 is 0 Å². The van der Waals surface area contributed by atoms with Gasteiger partial charge in [0.05, 0.1) is 18.2 Å². The maximum atomic E-state index is 15.8. The minimum absolute atomic E-state index is 0.00889. The predicted molar refractivity (Wildman–Crippen MR) is 224 cm³/mol. The summed E-state index contributed by atoms with van der Waals surface area (Å²) in [5, 5.41) is 3.31. The normalized spacial score (nSPS) is 20.4. The number of benzene rings is 3. The van der Waals surface area contributed by atoms with Crippen LogP contribution < -0.4 is 10.2 Å². The number of likely N-dealkylation sites (tertiary alicyclic amines) is 1. The van der Waals surface area contributed by atoms with Crippen LogP contribution in [0.25, 0.3) is 11.1 Å². The Bertz CT molecular complexity index is 2020. The van der Waals surface area contributed by atoms with Crippen molar-refractivity contribution in [1.29, 1.82) is 0 Å². The number of carbonyl (C=O) groups excluding carboxylic acids is 3. The molecule has 1 aliphatic heterocycles. The zero-order valence-corrected chi connectivity index (χ0v) is 34.6. The topological polar surface area (TPSA) is 101 Å². The van der Waals surface area contributed by atoms with Crippen LogP contribution in [0.3, 0.4) is 0 Å². The summed E-state index contributed by atoms with van der Waals surface area (Å²) in [6.07, 6.45) is 7.48. The fourth-order valence-electron chi connectivity index (χ4n) is 9.00. The van der Waals surface area contributed by atoms with Crippen LogP contribution in [0.2, 0.25) is 0 Å². The van der Waals surface area contributed by atoms with Crippen molar-refractivity contribution in [3.8, 4) is 11.1 Å². The monoisotopic (exact) mass is 770 g/mol. The molecule has 2 fully saturated rings. The van der Waals surface area contributed by atoms with E-state index in [0.29, 0.717) is 11.3 Å². The van der Waals surface area contributed by atoms with Crippen molar-refractivity contribution < 1.29 is 23.9 Å². The number of fused-ring (bicyclic) bond motifs is 3. The first-order valence-electron chi connectivity index (χ1n) is 20.6. The van der Waals surface area contributed by atoms with Gasteiger partial charge in [-0.25, -0.2) is 4.79 Å². The quantitative estimate of drug-likeness (QED) is 0.182. The molecule has 3 atom stereocenters. The number of ether oxygens (including phenoxy) is 2. The molecular weight excluding hydrogens is 713 g/mol. The molecule has 0 radical (unpaired) electrons. The Balaban J connectivity index is 1.27. The molecule has 0 spiro atoms. The van der Waals surface area contributed by atoms with Crippen molar-refractivity contribution >= 4 is 23.6 Å². The summed E-state index contributed by atoms with van der Waals surface area (Å²) < 4.78 is 12.8. The third kappa shape index (κ3) is 8.50. The highest BCUT2D eigenvalue weighted by Gasteiger charge is 2.55. The van der Waals surface area contributed by atoms with E-state index in [-0.39, 0.29) is 42.9 Å². The minimum Gasteiger partial charge on any atom is -0.448 e. The molecule has 3 aliphatic rings. The van der Waals surface area contributed by atoms with Crippen LogP contribution in [0, 0.1) is 0 Å². The van der Waals surface area contributed by atoms with E-state index in [9.17, 15) is 9.59 Å². The fraction of sp³-hybridized carbons (Fsp3) is 0.458. The first-order chi connectivity index (χ1) is 27.1. The van der Waals surface area contributed by atoms with Gasteiger partial charge in [-0.05, 0) is 92.0 Å². The highest BCUT2D eigenvalue weighted by molar-refractivity contribution is 6.07. The van der Waals surface area contributed by atoms with Gasteiger partial charge in [-0.3, -0.25) is 24.4 Å². The van der Waals surface area contributed by atoms with Crippen molar-refractivity contribution in [1.82, 2.24) is 15.2 Å². The molecule has 2 aliphatic carbocycles. The lowest BCUT2D eigenvalue weighted by molar-refractivity contribution is -0.132. The van der Waals surface area contributed by atoms with E-state index in [1.807, 2.05) is 75.4 Å². The van der Waals surface area contributed by atoms with Gasteiger partial charge in [0.1, 0.15) is 18.2 Å². The number of amides is 3. The van der Waals surface area contributed by atoms with Crippen molar-refractivity contribution in [2.45, 2.75) is 128 Å². The van der Waals surface area contributed by atoms with E-state index in [1.54, 1.807) is 30.3 Å². The number of hydrogen-bond donors (Lipinski definition) is 1. The van der Waals surface area contributed by atoms with Gasteiger partial charge in [0.25, 0.3) is 5.91 Å². The summed E-state index contributed by atoms with van der Waals surface area (Å²) in [6, 6.07) is 26.9. The Hall–Kier alpha value is -5.02. The van der Waals surface area contributed by atoms with Crippen molar-refractivity contribution in [3.63, 3.8) is 0 Å². The largest absolute Gasteiger partial charge is 0.448 e. The second kappa shape index (κ2) is 16.1. The zero-order valence-electron chi connectivity index (χ0n) is 34.6. The van der Waals surface area contributed by atoms with E-state index in [2.05, 4.69) is 55.3 Å². The standard InChI is InChI=1S/C48H58N4O5/c1-46(2,3)33-23-25-35(26-24-33)52(42(32-16-15-27-49-29-32)43(53)50-34-17-9-8-10-18-34)44(54)48(7)28-36(57-47(4,5)6)30-51(48)45(55)56-31-41-39-21-13-11-19-37(39)38-20-12-14-22-40(38)41/h11-16,19-27,29,34,36,41-42H,8-10,17-18,28,30-31H2,1-7H3,(H,50,53)/t36-,42?,48-/m1/s1. The van der Waals surface area contributed by atoms with Gasteiger partial charge in [0.15, 0.2) is 0 Å². The van der Waals surface area contributed by atoms with Gasteiger partial charge in [-0.1, -0.05) is 107 Å². The minimum atomic E-state index is -1.44. The van der Waals surface area contributed by atoms with E-state index in [0.717, 1.165) is 59.9 Å². The zero-order chi connectivity index (χ0) is 40.5. The summed E-state index contributed by atoms with van der Waals surface area (Å²) >= 11 is 0. The molecular formula is C48H58N4O5. The third-order valence-electron chi connectivity index (χ3n) is 11.8. The molecule has 9 nitrogen and oxygen atoms in total. The maximum Gasteiger partial charge on any atom is 0.410 e. The van der Waals surface area contributed by atoms with Crippen LogP contribution in [0.15, 0.2) is 97.3 Å². The summed E-state index contributed by atoms with van der Waals surface area (Å²) in [5.74, 6) is -0.823. The molecule has 2 heterocycles. The van der Waals surface area contributed by atoms with Crippen molar-refractivity contribution in [2.24, 2.45) is 0 Å². The highest BCUT2D eigenvalue weighted by Crippen LogP contribution is 2.45. The summed E-state index contributed by atoms with van der Waals surface area (Å²) in [6.45, 7) is 14.4.